The smallest absolute Gasteiger partial charge is 0.162 e. The third-order valence-corrected chi connectivity index (χ3v) is 2.69. The molecule has 3 heterocycles. The summed E-state index contributed by atoms with van der Waals surface area (Å²) in [7, 11) is 0. The zero-order chi connectivity index (χ0) is 12.2. The average molecular weight is 243 g/mol. The standard InChI is InChI=1S/C12H13N5O/c1(3-9-4-2-6-18-9)5-13-11-10-12(15-7-14-10)17-8-16-11/h2,4,6-8H,1,3,5H2,(H2,13,14,15,16,17). The quantitative estimate of drug-likeness (QED) is 0.670. The van der Waals surface area contributed by atoms with Crippen LogP contribution in [-0.4, -0.2) is 26.5 Å². The van der Waals surface area contributed by atoms with Crippen LogP contribution in [0.5, 0.6) is 0 Å². The van der Waals surface area contributed by atoms with E-state index in [0.29, 0.717) is 0 Å². The van der Waals surface area contributed by atoms with Crippen LogP contribution in [0.1, 0.15) is 12.2 Å². The molecule has 3 rings (SSSR count). The first-order chi connectivity index (χ1) is 8.93. The number of aromatic amines is 1. The minimum atomic E-state index is 0.749. The van der Waals surface area contributed by atoms with Crippen LogP contribution in [0.4, 0.5) is 5.82 Å². The van der Waals surface area contributed by atoms with Gasteiger partial charge in [-0.15, -0.1) is 0 Å². The third-order valence-electron chi connectivity index (χ3n) is 2.69. The summed E-state index contributed by atoms with van der Waals surface area (Å²) in [5.41, 5.74) is 1.52. The van der Waals surface area contributed by atoms with E-state index in [4.69, 9.17) is 4.42 Å². The molecular formula is C12H13N5O. The van der Waals surface area contributed by atoms with Gasteiger partial charge in [-0.25, -0.2) is 15.0 Å². The molecule has 0 atom stereocenters. The van der Waals surface area contributed by atoms with Crippen molar-refractivity contribution in [2.75, 3.05) is 11.9 Å². The van der Waals surface area contributed by atoms with Gasteiger partial charge in [-0.1, -0.05) is 0 Å². The predicted molar refractivity (Wildman–Crippen MR) is 67.2 cm³/mol. The molecule has 0 saturated carbocycles. The van der Waals surface area contributed by atoms with Gasteiger partial charge in [-0.2, -0.15) is 0 Å². The molecular weight excluding hydrogens is 230 g/mol. The average Bonchev–Trinajstić information content (AvgIpc) is 3.05. The Morgan fingerprint density at radius 3 is 3.17 bits per heavy atom. The zero-order valence-electron chi connectivity index (χ0n) is 9.76. The number of fused-ring (bicyclic) bond motifs is 1. The van der Waals surface area contributed by atoms with E-state index in [1.54, 1.807) is 12.6 Å². The van der Waals surface area contributed by atoms with Gasteiger partial charge in [0, 0.05) is 13.0 Å². The van der Waals surface area contributed by atoms with Gasteiger partial charge in [0.25, 0.3) is 0 Å². The summed E-state index contributed by atoms with van der Waals surface area (Å²) >= 11 is 0. The fraction of sp³-hybridized carbons (Fsp3) is 0.250. The molecule has 0 aliphatic carbocycles. The predicted octanol–water partition coefficient (Wildman–Crippen LogP) is 1.99. The second-order valence-electron chi connectivity index (χ2n) is 3.93. The maximum atomic E-state index is 5.27. The molecule has 0 fully saturated rings. The van der Waals surface area contributed by atoms with E-state index in [2.05, 4.69) is 25.3 Å². The van der Waals surface area contributed by atoms with Crippen LogP contribution < -0.4 is 5.32 Å². The Balaban J connectivity index is 1.58. The van der Waals surface area contributed by atoms with Gasteiger partial charge in [-0.05, 0) is 18.6 Å². The van der Waals surface area contributed by atoms with Gasteiger partial charge < -0.3 is 14.7 Å². The number of hydrogen-bond acceptors (Lipinski definition) is 5. The molecule has 6 heteroatoms. The largest absolute Gasteiger partial charge is 0.469 e. The summed E-state index contributed by atoms with van der Waals surface area (Å²) in [6.45, 7) is 0.819. The molecule has 6 nitrogen and oxygen atoms in total. The molecule has 3 aromatic rings. The van der Waals surface area contributed by atoms with Crippen molar-refractivity contribution in [2.45, 2.75) is 12.8 Å². The van der Waals surface area contributed by atoms with Gasteiger partial charge in [0.15, 0.2) is 11.5 Å². The number of aryl methyl sites for hydroxylation is 1. The third kappa shape index (κ3) is 2.17. The molecule has 0 aromatic carbocycles. The van der Waals surface area contributed by atoms with Crippen LogP contribution in [0.2, 0.25) is 0 Å². The number of nitrogens with one attached hydrogen (secondary N) is 2. The van der Waals surface area contributed by atoms with Gasteiger partial charge in [0.1, 0.15) is 17.6 Å². The minimum Gasteiger partial charge on any atom is -0.469 e. The molecule has 92 valence electrons. The topological polar surface area (TPSA) is 79.6 Å². The number of nitrogens with zero attached hydrogens (tertiary/aromatic N) is 3. The number of aromatic nitrogens is 4. The maximum absolute atomic E-state index is 5.27. The van der Waals surface area contributed by atoms with Crippen LogP contribution in [0.15, 0.2) is 35.5 Å². The summed E-state index contributed by atoms with van der Waals surface area (Å²) in [6.07, 6.45) is 6.72. The van der Waals surface area contributed by atoms with Crippen molar-refractivity contribution in [1.29, 1.82) is 0 Å². The van der Waals surface area contributed by atoms with E-state index in [1.807, 2.05) is 12.1 Å². The first-order valence-corrected chi connectivity index (χ1v) is 5.84. The van der Waals surface area contributed by atoms with Crippen molar-refractivity contribution in [1.82, 2.24) is 19.9 Å². The number of hydrogen-bond donors (Lipinski definition) is 2. The molecule has 2 N–H and O–H groups in total. The van der Waals surface area contributed by atoms with E-state index < -0.39 is 0 Å². The first kappa shape index (κ1) is 10.8. The Morgan fingerprint density at radius 2 is 2.28 bits per heavy atom. The number of H-pyrrole nitrogens is 1. The number of furan rings is 1. The zero-order valence-corrected chi connectivity index (χ0v) is 9.76. The second-order valence-corrected chi connectivity index (χ2v) is 3.93. The van der Waals surface area contributed by atoms with Crippen molar-refractivity contribution < 1.29 is 4.42 Å². The highest BCUT2D eigenvalue weighted by Gasteiger charge is 2.04. The Morgan fingerprint density at radius 1 is 1.28 bits per heavy atom. The van der Waals surface area contributed by atoms with Gasteiger partial charge in [0.2, 0.25) is 0 Å². The lowest BCUT2D eigenvalue weighted by molar-refractivity contribution is 0.504. The number of rotatable bonds is 5. The van der Waals surface area contributed by atoms with E-state index in [-0.39, 0.29) is 0 Å². The summed E-state index contributed by atoms with van der Waals surface area (Å²) < 4.78 is 5.27. The molecule has 0 aliphatic heterocycles. The maximum Gasteiger partial charge on any atom is 0.162 e. The normalized spacial score (nSPS) is 10.9. The molecule has 0 bridgehead atoms. The lowest BCUT2D eigenvalue weighted by atomic mass is 10.2. The van der Waals surface area contributed by atoms with Crippen LogP contribution in [0.3, 0.4) is 0 Å². The molecule has 0 radical (unpaired) electrons. The molecule has 0 aliphatic rings. The van der Waals surface area contributed by atoms with E-state index in [9.17, 15) is 0 Å². The number of imidazole rings is 1. The van der Waals surface area contributed by atoms with Crippen molar-refractivity contribution in [2.24, 2.45) is 0 Å². The number of anilines is 1. The van der Waals surface area contributed by atoms with Gasteiger partial charge in [-0.3, -0.25) is 0 Å². The van der Waals surface area contributed by atoms with Crippen LogP contribution >= 0.6 is 0 Å². The Bertz CT molecular complexity index is 616. The molecule has 3 aromatic heterocycles. The van der Waals surface area contributed by atoms with Gasteiger partial charge in [0.05, 0.1) is 12.6 Å². The van der Waals surface area contributed by atoms with Gasteiger partial charge >= 0.3 is 0 Å². The highest BCUT2D eigenvalue weighted by atomic mass is 16.3. The van der Waals surface area contributed by atoms with E-state index in [0.717, 1.165) is 42.1 Å². The summed E-state index contributed by atoms with van der Waals surface area (Å²) in [5.74, 6) is 1.77. The Labute approximate surface area is 103 Å². The van der Waals surface area contributed by atoms with Crippen LogP contribution in [0, 0.1) is 0 Å². The Kier molecular flexibility index (Phi) is 2.91. The molecule has 0 amide bonds. The van der Waals surface area contributed by atoms with Crippen molar-refractivity contribution in [3.63, 3.8) is 0 Å². The van der Waals surface area contributed by atoms with Crippen molar-refractivity contribution in [3.05, 3.63) is 36.8 Å². The highest BCUT2D eigenvalue weighted by Crippen LogP contribution is 2.14. The molecule has 0 saturated heterocycles. The first-order valence-electron chi connectivity index (χ1n) is 5.84. The second kappa shape index (κ2) is 4.87. The van der Waals surface area contributed by atoms with Crippen molar-refractivity contribution >= 4 is 17.0 Å². The van der Waals surface area contributed by atoms with E-state index >= 15 is 0 Å². The van der Waals surface area contributed by atoms with Crippen LogP contribution in [-0.2, 0) is 6.42 Å². The lowest BCUT2D eigenvalue weighted by Gasteiger charge is -2.04. The highest BCUT2D eigenvalue weighted by molar-refractivity contribution is 5.81. The Hall–Kier alpha value is -2.37. The molecule has 18 heavy (non-hydrogen) atoms. The fourth-order valence-electron chi connectivity index (χ4n) is 1.82. The SMILES string of the molecule is c1coc(CCCNc2ncnc3[nH]cnc23)c1. The van der Waals surface area contributed by atoms with Crippen molar-refractivity contribution in [3.8, 4) is 0 Å². The summed E-state index contributed by atoms with van der Waals surface area (Å²) in [4.78, 5) is 15.4. The summed E-state index contributed by atoms with van der Waals surface area (Å²) in [5, 5.41) is 3.26. The molecule has 0 spiro atoms. The molecule has 0 unspecified atom stereocenters. The minimum absolute atomic E-state index is 0.749. The summed E-state index contributed by atoms with van der Waals surface area (Å²) in [6, 6.07) is 3.89. The fourth-order valence-corrected chi connectivity index (χ4v) is 1.82. The van der Waals surface area contributed by atoms with Crippen LogP contribution in [0.25, 0.3) is 11.2 Å². The lowest BCUT2D eigenvalue weighted by Crippen LogP contribution is -2.05. The monoisotopic (exact) mass is 243 g/mol. The van der Waals surface area contributed by atoms with E-state index in [1.165, 1.54) is 6.33 Å².